The average Bonchev–Trinajstić information content (AvgIpc) is 2.43. The molecule has 1 atom stereocenters. The van der Waals surface area contributed by atoms with Crippen LogP contribution < -0.4 is 0 Å². The smallest absolute Gasteiger partial charge is 0.0934 e. The third kappa shape index (κ3) is 2.46. The van der Waals surface area contributed by atoms with E-state index in [-0.39, 0.29) is 11.5 Å². The fourth-order valence-electron chi connectivity index (χ4n) is 2.38. The minimum Gasteiger partial charge on any atom is -0.387 e. The predicted octanol–water partition coefficient (Wildman–Crippen LogP) is 3.35. The minimum atomic E-state index is -0.294. The highest BCUT2D eigenvalue weighted by Crippen LogP contribution is 2.43. The van der Waals surface area contributed by atoms with Gasteiger partial charge in [-0.25, -0.2) is 4.98 Å². The Labute approximate surface area is 102 Å². The van der Waals surface area contributed by atoms with E-state index in [9.17, 15) is 5.11 Å². The lowest BCUT2D eigenvalue weighted by atomic mass is 9.77. The van der Waals surface area contributed by atoms with Crippen molar-refractivity contribution in [3.63, 3.8) is 0 Å². The van der Waals surface area contributed by atoms with Crippen molar-refractivity contribution in [2.45, 2.75) is 53.1 Å². The Morgan fingerprint density at radius 2 is 2.19 bits per heavy atom. The van der Waals surface area contributed by atoms with Crippen LogP contribution in [0.15, 0.2) is 0 Å². The van der Waals surface area contributed by atoms with Crippen molar-refractivity contribution in [2.24, 2.45) is 11.3 Å². The van der Waals surface area contributed by atoms with Crippen molar-refractivity contribution in [3.05, 3.63) is 15.6 Å². The Morgan fingerprint density at radius 1 is 1.50 bits per heavy atom. The first kappa shape index (κ1) is 12.1. The quantitative estimate of drug-likeness (QED) is 0.858. The normalized spacial score (nSPS) is 23.5. The number of aromatic nitrogens is 1. The molecular formula is C13H21NOS. The van der Waals surface area contributed by atoms with Crippen LogP contribution in [0.1, 0.15) is 55.8 Å². The summed E-state index contributed by atoms with van der Waals surface area (Å²) in [7, 11) is 0. The molecule has 1 heterocycles. The standard InChI is InChI=1S/C13H21NOS/c1-8(2)5-11-14-9-6-13(3,4)7-10(15)12(9)16-11/h8,10,15H,5-7H2,1-4H3. The molecule has 16 heavy (non-hydrogen) atoms. The highest BCUT2D eigenvalue weighted by molar-refractivity contribution is 7.11. The van der Waals surface area contributed by atoms with Crippen molar-refractivity contribution >= 4 is 11.3 Å². The fourth-order valence-corrected chi connectivity index (χ4v) is 3.66. The SMILES string of the molecule is CC(C)Cc1nc2c(s1)C(O)CC(C)(C)C2. The van der Waals surface area contributed by atoms with Crippen LogP contribution in [0.5, 0.6) is 0 Å². The van der Waals surface area contributed by atoms with Gasteiger partial charge in [-0.3, -0.25) is 0 Å². The number of thiazole rings is 1. The lowest BCUT2D eigenvalue weighted by Crippen LogP contribution is -2.24. The molecule has 0 aliphatic heterocycles. The maximum Gasteiger partial charge on any atom is 0.0934 e. The number of fused-ring (bicyclic) bond motifs is 1. The summed E-state index contributed by atoms with van der Waals surface area (Å²) in [5.74, 6) is 0.637. The number of rotatable bonds is 2. The molecule has 0 spiro atoms. The summed E-state index contributed by atoms with van der Waals surface area (Å²) >= 11 is 1.71. The monoisotopic (exact) mass is 239 g/mol. The number of aliphatic hydroxyl groups excluding tert-OH is 1. The molecule has 1 aliphatic carbocycles. The molecule has 0 saturated carbocycles. The molecule has 0 fully saturated rings. The van der Waals surface area contributed by atoms with Crippen LogP contribution in [-0.2, 0) is 12.8 Å². The molecule has 1 unspecified atom stereocenters. The maximum atomic E-state index is 10.1. The van der Waals surface area contributed by atoms with Crippen LogP contribution in [0.2, 0.25) is 0 Å². The summed E-state index contributed by atoms with van der Waals surface area (Å²) in [6, 6.07) is 0. The molecular weight excluding hydrogens is 218 g/mol. The number of nitrogens with zero attached hydrogens (tertiary/aromatic N) is 1. The van der Waals surface area contributed by atoms with Crippen LogP contribution in [0.25, 0.3) is 0 Å². The van der Waals surface area contributed by atoms with Gasteiger partial charge in [-0.2, -0.15) is 0 Å². The lowest BCUT2D eigenvalue weighted by Gasteiger charge is -2.31. The molecule has 0 saturated heterocycles. The molecule has 2 nitrogen and oxygen atoms in total. The van der Waals surface area contributed by atoms with Crippen LogP contribution in [0, 0.1) is 11.3 Å². The van der Waals surface area contributed by atoms with Crippen LogP contribution in [0.4, 0.5) is 0 Å². The summed E-state index contributed by atoms with van der Waals surface area (Å²) in [5.41, 5.74) is 1.33. The molecule has 0 bridgehead atoms. The highest BCUT2D eigenvalue weighted by atomic mass is 32.1. The Balaban J connectivity index is 2.27. The van der Waals surface area contributed by atoms with Gasteiger partial charge in [0, 0.05) is 6.42 Å². The molecule has 0 amide bonds. The number of hydrogen-bond donors (Lipinski definition) is 1. The highest BCUT2D eigenvalue weighted by Gasteiger charge is 2.33. The van der Waals surface area contributed by atoms with Crippen LogP contribution >= 0.6 is 11.3 Å². The van der Waals surface area contributed by atoms with Crippen molar-refractivity contribution in [1.29, 1.82) is 0 Å². The van der Waals surface area contributed by atoms with Gasteiger partial charge in [0.25, 0.3) is 0 Å². The van der Waals surface area contributed by atoms with Gasteiger partial charge in [0.1, 0.15) is 0 Å². The Bertz CT molecular complexity index is 381. The van der Waals surface area contributed by atoms with E-state index in [1.807, 2.05) is 0 Å². The zero-order valence-electron chi connectivity index (χ0n) is 10.6. The van der Waals surface area contributed by atoms with Gasteiger partial charge < -0.3 is 5.11 Å². The predicted molar refractivity (Wildman–Crippen MR) is 67.7 cm³/mol. The number of aliphatic hydroxyl groups is 1. The molecule has 90 valence electrons. The molecule has 1 aromatic heterocycles. The van der Waals surface area contributed by atoms with E-state index < -0.39 is 0 Å². The Morgan fingerprint density at radius 3 is 2.81 bits per heavy atom. The van der Waals surface area contributed by atoms with Gasteiger partial charge >= 0.3 is 0 Å². The molecule has 2 rings (SSSR count). The van der Waals surface area contributed by atoms with Gasteiger partial charge in [0.2, 0.25) is 0 Å². The Hall–Kier alpha value is -0.410. The molecule has 1 aliphatic rings. The third-order valence-corrected chi connectivity index (χ3v) is 4.27. The molecule has 1 N–H and O–H groups in total. The van der Waals surface area contributed by atoms with Gasteiger partial charge in [0.05, 0.1) is 21.7 Å². The van der Waals surface area contributed by atoms with Gasteiger partial charge in [-0.05, 0) is 24.2 Å². The molecule has 0 radical (unpaired) electrons. The zero-order valence-corrected chi connectivity index (χ0v) is 11.4. The zero-order chi connectivity index (χ0) is 11.9. The maximum absolute atomic E-state index is 10.1. The average molecular weight is 239 g/mol. The van der Waals surface area contributed by atoms with Crippen molar-refractivity contribution in [1.82, 2.24) is 4.98 Å². The lowest BCUT2D eigenvalue weighted by molar-refractivity contribution is 0.102. The summed E-state index contributed by atoms with van der Waals surface area (Å²) in [5, 5.41) is 11.3. The summed E-state index contributed by atoms with van der Waals surface area (Å²) in [4.78, 5) is 5.82. The summed E-state index contributed by atoms with van der Waals surface area (Å²) in [6.45, 7) is 8.84. The van der Waals surface area contributed by atoms with Gasteiger partial charge in [-0.1, -0.05) is 27.7 Å². The molecule has 3 heteroatoms. The van der Waals surface area contributed by atoms with E-state index in [1.54, 1.807) is 11.3 Å². The molecule has 1 aromatic rings. The van der Waals surface area contributed by atoms with Crippen molar-refractivity contribution in [3.8, 4) is 0 Å². The van der Waals surface area contributed by atoms with E-state index in [1.165, 1.54) is 5.01 Å². The van der Waals surface area contributed by atoms with E-state index in [2.05, 4.69) is 27.7 Å². The molecule has 0 aromatic carbocycles. The van der Waals surface area contributed by atoms with Gasteiger partial charge in [0.15, 0.2) is 0 Å². The second kappa shape index (κ2) is 4.11. The minimum absolute atomic E-state index is 0.190. The first-order chi connectivity index (χ1) is 7.37. The topological polar surface area (TPSA) is 33.1 Å². The second-order valence-electron chi connectivity index (χ2n) is 6.08. The van der Waals surface area contributed by atoms with Gasteiger partial charge in [-0.15, -0.1) is 11.3 Å². The summed E-state index contributed by atoms with van der Waals surface area (Å²) < 4.78 is 0. The second-order valence-corrected chi connectivity index (χ2v) is 7.19. The first-order valence-corrected chi connectivity index (χ1v) is 6.85. The Kier molecular flexibility index (Phi) is 3.10. The van der Waals surface area contributed by atoms with Crippen molar-refractivity contribution in [2.75, 3.05) is 0 Å². The van der Waals surface area contributed by atoms with Crippen molar-refractivity contribution < 1.29 is 5.11 Å². The van der Waals surface area contributed by atoms with E-state index in [0.717, 1.165) is 29.8 Å². The third-order valence-electron chi connectivity index (χ3n) is 3.05. The van der Waals surface area contributed by atoms with Crippen LogP contribution in [0.3, 0.4) is 0 Å². The van der Waals surface area contributed by atoms with E-state index >= 15 is 0 Å². The largest absolute Gasteiger partial charge is 0.387 e. The fraction of sp³-hybridized carbons (Fsp3) is 0.769. The number of hydrogen-bond acceptors (Lipinski definition) is 3. The first-order valence-electron chi connectivity index (χ1n) is 6.04. The van der Waals surface area contributed by atoms with Crippen LogP contribution in [-0.4, -0.2) is 10.1 Å². The van der Waals surface area contributed by atoms with E-state index in [0.29, 0.717) is 5.92 Å². The van der Waals surface area contributed by atoms with E-state index in [4.69, 9.17) is 4.98 Å². The summed E-state index contributed by atoms with van der Waals surface area (Å²) in [6.07, 6.45) is 2.61.